The molecule has 5 heteroatoms. The number of hydrogen-bond donors (Lipinski definition) is 0. The topological polar surface area (TPSA) is 58.9 Å². The molecule has 0 saturated carbocycles. The van der Waals surface area contributed by atoms with Gasteiger partial charge in [-0.15, -0.1) is 0 Å². The Hall–Kier alpha value is -3.36. The number of aromatic nitrogens is 1. The summed E-state index contributed by atoms with van der Waals surface area (Å²) < 4.78 is 8.25. The van der Waals surface area contributed by atoms with Crippen molar-refractivity contribution in [3.05, 3.63) is 88.7 Å². The lowest BCUT2D eigenvalue weighted by molar-refractivity contribution is 0.0974. The Balaban J connectivity index is 1.61. The second-order valence-corrected chi connectivity index (χ2v) is 6.84. The summed E-state index contributed by atoms with van der Waals surface area (Å²) >= 11 is 3.44. The van der Waals surface area contributed by atoms with Gasteiger partial charge >= 0.3 is 0 Å². The highest BCUT2D eigenvalue weighted by Crippen LogP contribution is 2.26. The van der Waals surface area contributed by atoms with Crippen molar-refractivity contribution in [2.24, 2.45) is 0 Å². The van der Waals surface area contributed by atoms with Gasteiger partial charge in [-0.25, -0.2) is 0 Å². The van der Waals surface area contributed by atoms with Crippen LogP contribution in [0.1, 0.15) is 16.1 Å². The van der Waals surface area contributed by atoms with Crippen molar-refractivity contribution in [3.8, 4) is 17.4 Å². The van der Waals surface area contributed by atoms with Crippen LogP contribution in [-0.2, 0) is 0 Å². The quantitative estimate of drug-likeness (QED) is 0.391. The number of nitrogens with zero attached hydrogens (tertiary/aromatic N) is 2. The van der Waals surface area contributed by atoms with Gasteiger partial charge in [-0.1, -0.05) is 46.3 Å². The van der Waals surface area contributed by atoms with Crippen LogP contribution in [0.4, 0.5) is 0 Å². The van der Waals surface area contributed by atoms with Crippen molar-refractivity contribution in [3.63, 3.8) is 0 Å². The number of hydrogen-bond acceptors (Lipinski definition) is 3. The molecule has 4 aromatic rings. The van der Waals surface area contributed by atoms with Crippen molar-refractivity contribution in [2.45, 2.75) is 0 Å². The number of carbonyl (C=O) groups excluding carboxylic acids is 1. The first kappa shape index (κ1) is 17.1. The minimum Gasteiger partial charge on any atom is -0.457 e. The monoisotopic (exact) mass is 416 g/mol. The molecule has 0 spiro atoms. The van der Waals surface area contributed by atoms with Gasteiger partial charge in [0.05, 0.1) is 11.1 Å². The molecule has 0 atom stereocenters. The highest BCUT2D eigenvalue weighted by molar-refractivity contribution is 9.10. The predicted molar refractivity (Wildman–Crippen MR) is 108 cm³/mol. The van der Waals surface area contributed by atoms with Gasteiger partial charge in [-0.2, -0.15) is 5.26 Å². The van der Waals surface area contributed by atoms with E-state index in [-0.39, 0.29) is 5.91 Å². The van der Waals surface area contributed by atoms with E-state index in [1.165, 1.54) is 10.6 Å². The first-order chi connectivity index (χ1) is 13.2. The van der Waals surface area contributed by atoms with Gasteiger partial charge in [0.2, 0.25) is 0 Å². The van der Waals surface area contributed by atoms with Gasteiger partial charge in [0.1, 0.15) is 17.6 Å². The van der Waals surface area contributed by atoms with Crippen molar-refractivity contribution in [1.82, 2.24) is 4.57 Å². The third-order valence-corrected chi connectivity index (χ3v) is 4.69. The molecule has 0 unspecified atom stereocenters. The highest BCUT2D eigenvalue weighted by Gasteiger charge is 2.11. The van der Waals surface area contributed by atoms with E-state index >= 15 is 0 Å². The number of halogens is 1. The smallest absolute Gasteiger partial charge is 0.255 e. The van der Waals surface area contributed by atoms with Gasteiger partial charge in [0.15, 0.2) is 0 Å². The second kappa shape index (κ2) is 7.10. The fourth-order valence-corrected chi connectivity index (χ4v) is 3.32. The molecule has 0 aliphatic carbocycles. The van der Waals surface area contributed by atoms with Gasteiger partial charge in [-0.05, 0) is 36.4 Å². The average molecular weight is 417 g/mol. The van der Waals surface area contributed by atoms with E-state index in [0.29, 0.717) is 16.8 Å². The number of fused-ring (bicyclic) bond motifs is 1. The Morgan fingerprint density at radius 3 is 2.78 bits per heavy atom. The Morgan fingerprint density at radius 1 is 1.11 bits per heavy atom. The largest absolute Gasteiger partial charge is 0.457 e. The first-order valence-electron chi connectivity index (χ1n) is 8.24. The van der Waals surface area contributed by atoms with Gasteiger partial charge in [0, 0.05) is 27.7 Å². The fraction of sp³-hybridized carbons (Fsp3) is 0. The lowest BCUT2D eigenvalue weighted by Gasteiger charge is -1.99. The lowest BCUT2D eigenvalue weighted by Crippen LogP contribution is -2.04. The third-order valence-electron chi connectivity index (χ3n) is 4.20. The molecule has 130 valence electrons. The van der Waals surface area contributed by atoms with Crippen LogP contribution in [0, 0.1) is 11.3 Å². The molecule has 2 aromatic carbocycles. The Morgan fingerprint density at radius 2 is 1.96 bits per heavy atom. The molecule has 27 heavy (non-hydrogen) atoms. The molecule has 0 bridgehead atoms. The fourth-order valence-electron chi connectivity index (χ4n) is 2.92. The van der Waals surface area contributed by atoms with Crippen LogP contribution in [0.2, 0.25) is 0 Å². The Labute approximate surface area is 164 Å². The number of benzene rings is 2. The van der Waals surface area contributed by atoms with E-state index in [4.69, 9.17) is 4.42 Å². The molecular formula is C22H13BrN2O2. The standard InChI is InChI=1S/C22H13BrN2O2/c23-17-5-3-4-15(12-17)21-10-8-18(27-21)9-11-22(26)25-14-16(13-24)19-6-1-2-7-20(19)25/h1-12,14H/b11-9+. The van der Waals surface area contributed by atoms with Crippen LogP contribution in [0.3, 0.4) is 0 Å². The van der Waals surface area contributed by atoms with Crippen molar-refractivity contribution in [2.75, 3.05) is 0 Å². The predicted octanol–water partition coefficient (Wildman–Crippen LogP) is 5.89. The van der Waals surface area contributed by atoms with Crippen LogP contribution < -0.4 is 0 Å². The zero-order valence-electron chi connectivity index (χ0n) is 14.1. The van der Waals surface area contributed by atoms with E-state index in [1.807, 2.05) is 60.7 Å². The van der Waals surface area contributed by atoms with E-state index < -0.39 is 0 Å². The molecule has 4 rings (SSSR count). The summed E-state index contributed by atoms with van der Waals surface area (Å²) in [6.07, 6.45) is 4.63. The van der Waals surface area contributed by atoms with E-state index in [1.54, 1.807) is 12.3 Å². The summed E-state index contributed by atoms with van der Waals surface area (Å²) in [5, 5.41) is 10.0. The van der Waals surface area contributed by atoms with E-state index in [9.17, 15) is 10.1 Å². The molecule has 0 saturated heterocycles. The van der Waals surface area contributed by atoms with Gasteiger partial charge < -0.3 is 4.42 Å². The van der Waals surface area contributed by atoms with Crippen molar-refractivity contribution >= 4 is 38.8 Å². The molecule has 0 amide bonds. The van der Waals surface area contributed by atoms with Gasteiger partial charge in [-0.3, -0.25) is 9.36 Å². The summed E-state index contributed by atoms with van der Waals surface area (Å²) in [6.45, 7) is 0. The van der Waals surface area contributed by atoms with Crippen LogP contribution in [-0.4, -0.2) is 10.5 Å². The SMILES string of the molecule is N#Cc1cn(C(=O)/C=C/c2ccc(-c3cccc(Br)c3)o2)c2ccccc12. The summed E-state index contributed by atoms with van der Waals surface area (Å²) in [7, 11) is 0. The summed E-state index contributed by atoms with van der Waals surface area (Å²) in [5.74, 6) is 1.06. The number of rotatable bonds is 3. The summed E-state index contributed by atoms with van der Waals surface area (Å²) in [5.41, 5.74) is 2.13. The molecule has 0 aliphatic heterocycles. The van der Waals surface area contributed by atoms with Gasteiger partial charge in [0.25, 0.3) is 5.91 Å². The zero-order valence-corrected chi connectivity index (χ0v) is 15.7. The number of furan rings is 1. The number of para-hydroxylation sites is 1. The zero-order chi connectivity index (χ0) is 18.8. The third kappa shape index (κ3) is 3.35. The molecule has 2 aromatic heterocycles. The van der Waals surface area contributed by atoms with Crippen LogP contribution in [0.25, 0.3) is 28.3 Å². The summed E-state index contributed by atoms with van der Waals surface area (Å²) in [6, 6.07) is 20.9. The van der Waals surface area contributed by atoms with Crippen molar-refractivity contribution < 1.29 is 9.21 Å². The van der Waals surface area contributed by atoms with Crippen LogP contribution in [0.5, 0.6) is 0 Å². The molecule has 0 radical (unpaired) electrons. The molecule has 0 aliphatic rings. The molecule has 4 nitrogen and oxygen atoms in total. The average Bonchev–Trinajstić information content (AvgIpc) is 3.31. The lowest BCUT2D eigenvalue weighted by atomic mass is 10.2. The first-order valence-corrected chi connectivity index (χ1v) is 9.03. The molecule has 2 heterocycles. The Bertz CT molecular complexity index is 1220. The Kier molecular flexibility index (Phi) is 4.49. The maximum Gasteiger partial charge on any atom is 0.255 e. The number of carbonyl (C=O) groups is 1. The maximum absolute atomic E-state index is 12.6. The molecular weight excluding hydrogens is 404 g/mol. The highest BCUT2D eigenvalue weighted by atomic mass is 79.9. The molecule has 0 N–H and O–H groups in total. The number of nitriles is 1. The second-order valence-electron chi connectivity index (χ2n) is 5.93. The molecule has 0 fully saturated rings. The summed E-state index contributed by atoms with van der Waals surface area (Å²) in [4.78, 5) is 12.6. The normalized spacial score (nSPS) is 11.1. The van der Waals surface area contributed by atoms with E-state index in [2.05, 4.69) is 22.0 Å². The van der Waals surface area contributed by atoms with Crippen LogP contribution >= 0.6 is 15.9 Å². The minimum atomic E-state index is -0.242. The number of allylic oxidation sites excluding steroid dienone is 1. The van der Waals surface area contributed by atoms with Crippen molar-refractivity contribution in [1.29, 1.82) is 5.26 Å². The van der Waals surface area contributed by atoms with E-state index in [0.717, 1.165) is 21.2 Å². The minimum absolute atomic E-state index is 0.242. The van der Waals surface area contributed by atoms with Crippen LogP contribution in [0.15, 0.2) is 81.8 Å². The maximum atomic E-state index is 12.6.